The third-order valence-electron chi connectivity index (χ3n) is 2.17. The lowest BCUT2D eigenvalue weighted by Gasteiger charge is -1.95. The monoisotopic (exact) mass is 203 g/mol. The topological polar surface area (TPSA) is 0 Å². The predicted octanol–water partition coefficient (Wildman–Crippen LogP) is 5.00. The van der Waals surface area contributed by atoms with E-state index in [0.29, 0.717) is 0 Å². The molecule has 0 aliphatic rings. The van der Waals surface area contributed by atoms with Gasteiger partial charge in [-0.1, -0.05) is 81.7 Å². The number of allylic oxidation sites excluding steroid dienone is 7. The van der Waals surface area contributed by atoms with Crippen LogP contribution in [-0.4, -0.2) is 0 Å². The lowest BCUT2D eigenvalue weighted by atomic mass is 10.1. The SMILES string of the molecule is [CH]=C/C=C/C=C/C=C/CCCCCCC. The molecule has 0 aromatic heterocycles. The molecule has 0 atom stereocenters. The summed E-state index contributed by atoms with van der Waals surface area (Å²) < 4.78 is 0. The average Bonchev–Trinajstić information content (AvgIpc) is 2.26. The van der Waals surface area contributed by atoms with Crippen molar-refractivity contribution < 1.29 is 0 Å². The van der Waals surface area contributed by atoms with E-state index in [1.807, 2.05) is 24.3 Å². The van der Waals surface area contributed by atoms with Gasteiger partial charge >= 0.3 is 0 Å². The summed E-state index contributed by atoms with van der Waals surface area (Å²) in [5.74, 6) is 0. The first kappa shape index (κ1) is 14.0. The largest absolute Gasteiger partial charge is 0.0845 e. The molecule has 0 aromatic rings. The van der Waals surface area contributed by atoms with E-state index in [4.69, 9.17) is 6.58 Å². The van der Waals surface area contributed by atoms with E-state index in [-0.39, 0.29) is 0 Å². The zero-order valence-electron chi connectivity index (χ0n) is 9.86. The molecule has 0 nitrogen and oxygen atoms in total. The van der Waals surface area contributed by atoms with Gasteiger partial charge in [0.05, 0.1) is 0 Å². The summed E-state index contributed by atoms with van der Waals surface area (Å²) in [5, 5.41) is 0. The summed E-state index contributed by atoms with van der Waals surface area (Å²) in [6.07, 6.45) is 21.6. The molecule has 15 heavy (non-hydrogen) atoms. The van der Waals surface area contributed by atoms with Crippen LogP contribution in [0.15, 0.2) is 42.5 Å². The first-order valence-electron chi connectivity index (χ1n) is 5.95. The molecule has 0 rings (SSSR count). The van der Waals surface area contributed by atoms with Crippen LogP contribution in [-0.2, 0) is 0 Å². The van der Waals surface area contributed by atoms with E-state index >= 15 is 0 Å². The third kappa shape index (κ3) is 13.0. The maximum Gasteiger partial charge on any atom is -0.0348 e. The smallest absolute Gasteiger partial charge is 0.0348 e. The molecule has 0 heterocycles. The maximum atomic E-state index is 5.19. The molecule has 0 fully saturated rings. The molecule has 0 amide bonds. The Balaban J connectivity index is 3.27. The van der Waals surface area contributed by atoms with E-state index in [2.05, 4.69) is 19.1 Å². The summed E-state index contributed by atoms with van der Waals surface area (Å²) in [4.78, 5) is 0. The number of rotatable bonds is 9. The van der Waals surface area contributed by atoms with Gasteiger partial charge in [-0.15, -0.1) is 0 Å². The second-order valence-corrected chi connectivity index (χ2v) is 3.59. The second-order valence-electron chi connectivity index (χ2n) is 3.59. The van der Waals surface area contributed by atoms with Gasteiger partial charge in [-0.2, -0.15) is 0 Å². The van der Waals surface area contributed by atoms with Crippen LogP contribution in [0.3, 0.4) is 0 Å². The summed E-state index contributed by atoms with van der Waals surface area (Å²) in [6, 6.07) is 0. The molecule has 0 aliphatic heterocycles. The molecule has 0 aliphatic carbocycles. The molecule has 0 saturated heterocycles. The van der Waals surface area contributed by atoms with E-state index < -0.39 is 0 Å². The molecule has 0 unspecified atom stereocenters. The van der Waals surface area contributed by atoms with Gasteiger partial charge in [0, 0.05) is 0 Å². The predicted molar refractivity (Wildman–Crippen MR) is 69.7 cm³/mol. The molecule has 0 aromatic carbocycles. The van der Waals surface area contributed by atoms with Crippen molar-refractivity contribution in [2.45, 2.75) is 45.4 Å². The molecular weight excluding hydrogens is 180 g/mol. The highest BCUT2D eigenvalue weighted by molar-refractivity contribution is 5.13. The first-order chi connectivity index (χ1) is 7.41. The van der Waals surface area contributed by atoms with Crippen molar-refractivity contribution in [3.05, 3.63) is 49.1 Å². The van der Waals surface area contributed by atoms with Gasteiger partial charge in [0.2, 0.25) is 0 Å². The van der Waals surface area contributed by atoms with Gasteiger partial charge in [-0.3, -0.25) is 0 Å². The van der Waals surface area contributed by atoms with Crippen LogP contribution in [0.2, 0.25) is 0 Å². The molecule has 0 N–H and O–H groups in total. The Bertz CT molecular complexity index is 206. The zero-order valence-corrected chi connectivity index (χ0v) is 9.86. The summed E-state index contributed by atoms with van der Waals surface area (Å²) in [6.45, 7) is 7.43. The highest BCUT2D eigenvalue weighted by Crippen LogP contribution is 2.05. The number of unbranched alkanes of at least 4 members (excludes halogenated alkanes) is 5. The van der Waals surface area contributed by atoms with Gasteiger partial charge in [0.25, 0.3) is 0 Å². The van der Waals surface area contributed by atoms with Crippen molar-refractivity contribution >= 4 is 0 Å². The number of hydrogen-bond donors (Lipinski definition) is 0. The van der Waals surface area contributed by atoms with Crippen LogP contribution >= 0.6 is 0 Å². The van der Waals surface area contributed by atoms with Crippen molar-refractivity contribution in [1.29, 1.82) is 0 Å². The van der Waals surface area contributed by atoms with Crippen molar-refractivity contribution in [1.82, 2.24) is 0 Å². The van der Waals surface area contributed by atoms with Crippen LogP contribution in [0.25, 0.3) is 0 Å². The van der Waals surface area contributed by atoms with E-state index in [1.165, 1.54) is 44.6 Å². The Morgan fingerprint density at radius 1 is 0.800 bits per heavy atom. The average molecular weight is 203 g/mol. The highest BCUT2D eigenvalue weighted by atomic mass is 13.9. The molecule has 0 bridgehead atoms. The lowest BCUT2D eigenvalue weighted by Crippen LogP contribution is -1.75. The lowest BCUT2D eigenvalue weighted by molar-refractivity contribution is 0.637. The Morgan fingerprint density at radius 3 is 2.20 bits per heavy atom. The quantitative estimate of drug-likeness (QED) is 0.365. The number of hydrogen-bond acceptors (Lipinski definition) is 0. The molecule has 0 saturated carbocycles. The third-order valence-corrected chi connectivity index (χ3v) is 2.17. The summed E-state index contributed by atoms with van der Waals surface area (Å²) in [5.41, 5.74) is 0. The zero-order chi connectivity index (χ0) is 11.2. The van der Waals surface area contributed by atoms with Crippen LogP contribution in [0.4, 0.5) is 0 Å². The van der Waals surface area contributed by atoms with Gasteiger partial charge in [0.15, 0.2) is 0 Å². The van der Waals surface area contributed by atoms with Crippen LogP contribution < -0.4 is 0 Å². The maximum absolute atomic E-state index is 5.19. The Hall–Kier alpha value is -1.04. The highest BCUT2D eigenvalue weighted by Gasteiger charge is 1.85. The van der Waals surface area contributed by atoms with E-state index in [0.717, 1.165) is 0 Å². The van der Waals surface area contributed by atoms with Crippen molar-refractivity contribution in [3.8, 4) is 0 Å². The fourth-order valence-corrected chi connectivity index (χ4v) is 1.30. The minimum absolute atomic E-state index is 1.20. The van der Waals surface area contributed by atoms with Crippen molar-refractivity contribution in [2.75, 3.05) is 0 Å². The molecule has 83 valence electrons. The standard InChI is InChI=1S/C15H23/c1-3-5-7-9-11-13-15-14-12-10-8-6-4-2/h1,3,5,7,9,11,13,15H,4,6,8,10,12,14H2,2H3/b3-1?,7-5+,11-9+,15-13+. The molecular formula is C15H23. The normalized spacial score (nSPS) is 12.1. The van der Waals surface area contributed by atoms with Crippen LogP contribution in [0, 0.1) is 6.58 Å². The summed E-state index contributed by atoms with van der Waals surface area (Å²) >= 11 is 0. The Kier molecular flexibility index (Phi) is 12.1. The first-order valence-corrected chi connectivity index (χ1v) is 5.95. The van der Waals surface area contributed by atoms with Crippen molar-refractivity contribution in [3.63, 3.8) is 0 Å². The fourth-order valence-electron chi connectivity index (χ4n) is 1.30. The van der Waals surface area contributed by atoms with Crippen LogP contribution in [0.1, 0.15) is 45.4 Å². The summed E-state index contributed by atoms with van der Waals surface area (Å²) in [7, 11) is 0. The molecule has 0 heteroatoms. The van der Waals surface area contributed by atoms with Gasteiger partial charge in [0.1, 0.15) is 0 Å². The van der Waals surface area contributed by atoms with Crippen molar-refractivity contribution in [2.24, 2.45) is 0 Å². The van der Waals surface area contributed by atoms with Gasteiger partial charge < -0.3 is 0 Å². The van der Waals surface area contributed by atoms with Crippen LogP contribution in [0.5, 0.6) is 0 Å². The van der Waals surface area contributed by atoms with Gasteiger partial charge in [-0.25, -0.2) is 0 Å². The Labute approximate surface area is 95.1 Å². The fraction of sp³-hybridized carbons (Fsp3) is 0.467. The second kappa shape index (κ2) is 13.0. The molecule has 0 spiro atoms. The minimum Gasteiger partial charge on any atom is -0.0845 e. The van der Waals surface area contributed by atoms with Gasteiger partial charge in [-0.05, 0) is 12.8 Å². The van der Waals surface area contributed by atoms with E-state index in [1.54, 1.807) is 0 Å². The molecule has 1 radical (unpaired) electrons. The minimum atomic E-state index is 1.20. The Morgan fingerprint density at radius 2 is 1.47 bits per heavy atom. The van der Waals surface area contributed by atoms with E-state index in [9.17, 15) is 0 Å².